The molecule has 0 saturated heterocycles. The predicted octanol–water partition coefficient (Wildman–Crippen LogP) is 2.40. The number of halogens is 1. The Labute approximate surface area is 122 Å². The van der Waals surface area contributed by atoms with Gasteiger partial charge < -0.3 is 11.1 Å². The van der Waals surface area contributed by atoms with Crippen LogP contribution in [0, 0.1) is 5.92 Å². The molecule has 1 aromatic rings. The first-order valence-corrected chi connectivity index (χ1v) is 7.32. The van der Waals surface area contributed by atoms with Gasteiger partial charge in [-0.2, -0.15) is 0 Å². The highest BCUT2D eigenvalue weighted by Crippen LogP contribution is 2.17. The Bertz CT molecular complexity index is 470. The molecule has 2 rings (SSSR count). The Morgan fingerprint density at radius 2 is 2.11 bits per heavy atom. The van der Waals surface area contributed by atoms with Crippen molar-refractivity contribution in [3.8, 4) is 0 Å². The molecule has 3 unspecified atom stereocenters. The van der Waals surface area contributed by atoms with E-state index in [1.807, 2.05) is 31.2 Å². The molecule has 0 saturated carbocycles. The summed E-state index contributed by atoms with van der Waals surface area (Å²) in [7, 11) is 0. The van der Waals surface area contributed by atoms with Crippen LogP contribution in [-0.2, 0) is 11.2 Å². The maximum atomic E-state index is 12.0. The van der Waals surface area contributed by atoms with Gasteiger partial charge in [-0.15, -0.1) is 0 Å². The van der Waals surface area contributed by atoms with Gasteiger partial charge >= 0.3 is 0 Å². The first-order chi connectivity index (χ1) is 9.04. The van der Waals surface area contributed by atoms with E-state index in [9.17, 15) is 4.79 Å². The third kappa shape index (κ3) is 4.18. The normalized spacial score (nSPS) is 23.3. The molecule has 4 heteroatoms. The van der Waals surface area contributed by atoms with Crippen molar-refractivity contribution in [1.29, 1.82) is 0 Å². The van der Waals surface area contributed by atoms with Crippen LogP contribution in [0.4, 0.5) is 0 Å². The van der Waals surface area contributed by atoms with Gasteiger partial charge in [-0.25, -0.2) is 0 Å². The maximum Gasteiger partial charge on any atom is 0.227 e. The van der Waals surface area contributed by atoms with Gasteiger partial charge in [-0.1, -0.05) is 40.2 Å². The molecule has 0 fully saturated rings. The average Bonchev–Trinajstić information content (AvgIpc) is 2.79. The molecule has 1 aromatic carbocycles. The van der Waals surface area contributed by atoms with Gasteiger partial charge in [0.25, 0.3) is 0 Å². The lowest BCUT2D eigenvalue weighted by molar-refractivity contribution is -0.124. The third-order valence-corrected chi connectivity index (χ3v) is 3.83. The van der Waals surface area contributed by atoms with E-state index < -0.39 is 0 Å². The summed E-state index contributed by atoms with van der Waals surface area (Å²) in [5, 5.41) is 3.05. The smallest absolute Gasteiger partial charge is 0.227 e. The molecule has 0 bridgehead atoms. The van der Waals surface area contributed by atoms with Crippen molar-refractivity contribution in [2.45, 2.75) is 31.8 Å². The molecule has 3 N–H and O–H groups in total. The zero-order chi connectivity index (χ0) is 13.8. The number of nitrogens with one attached hydrogen (secondary N) is 1. The molecule has 1 amide bonds. The summed E-state index contributed by atoms with van der Waals surface area (Å²) in [6.07, 6.45) is 5.37. The second kappa shape index (κ2) is 6.35. The van der Waals surface area contributed by atoms with E-state index in [1.54, 1.807) is 0 Å². The zero-order valence-electron chi connectivity index (χ0n) is 11.0. The molecule has 3 atom stereocenters. The molecule has 102 valence electrons. The number of nitrogens with two attached hydrogens (primary N) is 1. The summed E-state index contributed by atoms with van der Waals surface area (Å²) in [5.41, 5.74) is 6.98. The fraction of sp³-hybridized carbons (Fsp3) is 0.400. The molecule has 0 heterocycles. The van der Waals surface area contributed by atoms with Crippen LogP contribution in [0.2, 0.25) is 0 Å². The summed E-state index contributed by atoms with van der Waals surface area (Å²) in [6.45, 7) is 2.03. The van der Waals surface area contributed by atoms with E-state index in [4.69, 9.17) is 5.73 Å². The van der Waals surface area contributed by atoms with Crippen molar-refractivity contribution in [2.24, 2.45) is 11.7 Å². The molecule has 0 aromatic heterocycles. The molecule has 1 aliphatic carbocycles. The van der Waals surface area contributed by atoms with Gasteiger partial charge in [0.05, 0.1) is 5.92 Å². The molecule has 19 heavy (non-hydrogen) atoms. The van der Waals surface area contributed by atoms with Gasteiger partial charge in [-0.3, -0.25) is 4.79 Å². The van der Waals surface area contributed by atoms with Crippen LogP contribution in [0.3, 0.4) is 0 Å². The van der Waals surface area contributed by atoms with Crippen LogP contribution in [0.5, 0.6) is 0 Å². The number of carbonyl (C=O) groups excluding carboxylic acids is 1. The lowest BCUT2D eigenvalue weighted by Crippen LogP contribution is -2.38. The van der Waals surface area contributed by atoms with Gasteiger partial charge in [0.2, 0.25) is 5.91 Å². The lowest BCUT2D eigenvalue weighted by atomic mass is 10.0. The number of hydrogen-bond donors (Lipinski definition) is 2. The summed E-state index contributed by atoms with van der Waals surface area (Å²) in [6, 6.07) is 8.32. The standard InChI is InChI=1S/C15H19BrN2O/c1-10(8-11-2-5-13(16)6-3-11)18-15(19)12-4-7-14(17)9-12/h2-7,10,12,14H,8-9,17H2,1H3,(H,18,19). The summed E-state index contributed by atoms with van der Waals surface area (Å²) in [4.78, 5) is 12.0. The molecular formula is C15H19BrN2O. The van der Waals surface area contributed by atoms with Gasteiger partial charge in [0.15, 0.2) is 0 Å². The fourth-order valence-electron chi connectivity index (χ4n) is 2.30. The minimum Gasteiger partial charge on any atom is -0.353 e. The first kappa shape index (κ1) is 14.3. The van der Waals surface area contributed by atoms with Crippen LogP contribution in [0.25, 0.3) is 0 Å². The van der Waals surface area contributed by atoms with Crippen LogP contribution in [-0.4, -0.2) is 18.0 Å². The fourth-order valence-corrected chi connectivity index (χ4v) is 2.56. The van der Waals surface area contributed by atoms with Gasteiger partial charge in [0.1, 0.15) is 0 Å². The van der Waals surface area contributed by atoms with Crippen molar-refractivity contribution in [3.63, 3.8) is 0 Å². The number of benzene rings is 1. The summed E-state index contributed by atoms with van der Waals surface area (Å²) in [5.74, 6) is 0.0104. The Morgan fingerprint density at radius 1 is 1.42 bits per heavy atom. The van der Waals surface area contributed by atoms with E-state index in [0.717, 1.165) is 17.3 Å². The van der Waals surface area contributed by atoms with Gasteiger partial charge in [-0.05, 0) is 37.5 Å². The Hall–Kier alpha value is -1.13. The number of rotatable bonds is 4. The number of carbonyl (C=O) groups is 1. The predicted molar refractivity (Wildman–Crippen MR) is 80.7 cm³/mol. The molecule has 0 radical (unpaired) electrons. The highest BCUT2D eigenvalue weighted by molar-refractivity contribution is 9.10. The Morgan fingerprint density at radius 3 is 2.68 bits per heavy atom. The van der Waals surface area contributed by atoms with Gasteiger partial charge in [0, 0.05) is 16.6 Å². The minimum absolute atomic E-state index is 0.0255. The van der Waals surface area contributed by atoms with E-state index in [1.165, 1.54) is 5.56 Å². The number of hydrogen-bond acceptors (Lipinski definition) is 2. The minimum atomic E-state index is -0.0673. The third-order valence-electron chi connectivity index (χ3n) is 3.30. The quantitative estimate of drug-likeness (QED) is 0.836. The molecular weight excluding hydrogens is 304 g/mol. The van der Waals surface area contributed by atoms with Crippen LogP contribution in [0.15, 0.2) is 40.9 Å². The second-order valence-corrected chi connectivity index (χ2v) is 6.05. The molecule has 3 nitrogen and oxygen atoms in total. The first-order valence-electron chi connectivity index (χ1n) is 6.53. The van der Waals surface area contributed by atoms with E-state index in [0.29, 0.717) is 0 Å². The van der Waals surface area contributed by atoms with E-state index >= 15 is 0 Å². The lowest BCUT2D eigenvalue weighted by Gasteiger charge is -2.17. The van der Waals surface area contributed by atoms with Crippen molar-refractivity contribution in [3.05, 3.63) is 46.5 Å². The number of amides is 1. The SMILES string of the molecule is CC(Cc1ccc(Br)cc1)NC(=O)C1C=CC(N)C1. The Kier molecular flexibility index (Phi) is 4.77. The summed E-state index contributed by atoms with van der Waals surface area (Å²) < 4.78 is 1.07. The van der Waals surface area contributed by atoms with Crippen LogP contribution in [0.1, 0.15) is 18.9 Å². The molecule has 0 spiro atoms. The highest BCUT2D eigenvalue weighted by Gasteiger charge is 2.23. The highest BCUT2D eigenvalue weighted by atomic mass is 79.9. The Balaban J connectivity index is 1.84. The van der Waals surface area contributed by atoms with Crippen molar-refractivity contribution in [1.82, 2.24) is 5.32 Å². The van der Waals surface area contributed by atoms with Crippen molar-refractivity contribution in [2.75, 3.05) is 0 Å². The van der Waals surface area contributed by atoms with Crippen LogP contribution >= 0.6 is 15.9 Å². The average molecular weight is 323 g/mol. The zero-order valence-corrected chi connectivity index (χ0v) is 12.6. The monoisotopic (exact) mass is 322 g/mol. The van der Waals surface area contributed by atoms with E-state index in [-0.39, 0.29) is 23.9 Å². The molecule has 0 aliphatic heterocycles. The maximum absolute atomic E-state index is 12.0. The second-order valence-electron chi connectivity index (χ2n) is 5.13. The van der Waals surface area contributed by atoms with E-state index in [2.05, 4.69) is 33.4 Å². The summed E-state index contributed by atoms with van der Waals surface area (Å²) >= 11 is 3.41. The van der Waals surface area contributed by atoms with Crippen molar-refractivity contribution < 1.29 is 4.79 Å². The molecule has 1 aliphatic rings. The van der Waals surface area contributed by atoms with Crippen molar-refractivity contribution >= 4 is 21.8 Å². The largest absolute Gasteiger partial charge is 0.353 e. The van der Waals surface area contributed by atoms with Crippen LogP contribution < -0.4 is 11.1 Å². The topological polar surface area (TPSA) is 55.1 Å².